The van der Waals surface area contributed by atoms with Crippen LogP contribution in [0.25, 0.3) is 22.6 Å². The number of imidazole rings is 1. The van der Waals surface area contributed by atoms with E-state index in [0.29, 0.717) is 17.1 Å². The summed E-state index contributed by atoms with van der Waals surface area (Å²) in [7, 11) is 0. The Morgan fingerprint density at radius 3 is 2.68 bits per heavy atom. The molecule has 0 saturated heterocycles. The highest BCUT2D eigenvalue weighted by atomic mass is 16.1. The SMILES string of the molecule is CC(=O)c1cn[nH]c1-c1nc2cc(C)c(C)cc2[nH]1. The molecule has 5 nitrogen and oxygen atoms in total. The number of benzene rings is 1. The number of ketones is 1. The largest absolute Gasteiger partial charge is 0.337 e. The number of nitrogens with one attached hydrogen (secondary N) is 2. The number of carbonyl (C=O) groups excluding carboxylic acids is 1. The zero-order valence-electron chi connectivity index (χ0n) is 11.0. The number of carbonyl (C=O) groups is 1. The van der Waals surface area contributed by atoms with Gasteiger partial charge in [-0.2, -0.15) is 5.10 Å². The van der Waals surface area contributed by atoms with Crippen molar-refractivity contribution in [1.82, 2.24) is 20.2 Å². The monoisotopic (exact) mass is 254 g/mol. The Bertz CT molecular complexity index is 743. The molecule has 0 bridgehead atoms. The minimum Gasteiger partial charge on any atom is -0.337 e. The normalized spacial score (nSPS) is 11.1. The van der Waals surface area contributed by atoms with E-state index in [1.807, 2.05) is 6.07 Å². The zero-order valence-corrected chi connectivity index (χ0v) is 11.0. The molecule has 0 spiro atoms. The maximum Gasteiger partial charge on any atom is 0.163 e. The van der Waals surface area contributed by atoms with Crippen LogP contribution in [0.4, 0.5) is 0 Å². The summed E-state index contributed by atoms with van der Waals surface area (Å²) in [5.41, 5.74) is 5.44. The number of aromatic amines is 2. The van der Waals surface area contributed by atoms with Gasteiger partial charge in [0.25, 0.3) is 0 Å². The van der Waals surface area contributed by atoms with Crippen LogP contribution in [-0.4, -0.2) is 25.9 Å². The molecular formula is C14H14N4O. The molecule has 2 N–H and O–H groups in total. The molecule has 19 heavy (non-hydrogen) atoms. The molecule has 0 radical (unpaired) electrons. The van der Waals surface area contributed by atoms with Crippen LogP contribution in [0.2, 0.25) is 0 Å². The summed E-state index contributed by atoms with van der Waals surface area (Å²) in [6.07, 6.45) is 1.53. The van der Waals surface area contributed by atoms with Gasteiger partial charge in [0, 0.05) is 0 Å². The number of hydrogen-bond donors (Lipinski definition) is 2. The third-order valence-electron chi connectivity index (χ3n) is 3.35. The third kappa shape index (κ3) is 1.83. The third-order valence-corrected chi connectivity index (χ3v) is 3.35. The molecule has 0 fully saturated rings. The van der Waals surface area contributed by atoms with Gasteiger partial charge in [0.2, 0.25) is 0 Å². The van der Waals surface area contributed by atoms with Crippen LogP contribution in [0.15, 0.2) is 18.3 Å². The Balaban J connectivity index is 2.21. The number of hydrogen-bond acceptors (Lipinski definition) is 3. The fraction of sp³-hybridized carbons (Fsp3) is 0.214. The topological polar surface area (TPSA) is 74.4 Å². The number of fused-ring (bicyclic) bond motifs is 1. The van der Waals surface area contributed by atoms with Crippen LogP contribution in [0, 0.1) is 13.8 Å². The van der Waals surface area contributed by atoms with Crippen LogP contribution in [0.5, 0.6) is 0 Å². The molecular weight excluding hydrogens is 240 g/mol. The molecule has 3 rings (SSSR count). The van der Waals surface area contributed by atoms with Crippen molar-refractivity contribution < 1.29 is 4.79 Å². The van der Waals surface area contributed by atoms with E-state index in [2.05, 4.69) is 40.1 Å². The summed E-state index contributed by atoms with van der Waals surface area (Å²) in [6.45, 7) is 5.64. The second-order valence-electron chi connectivity index (χ2n) is 4.75. The van der Waals surface area contributed by atoms with E-state index in [4.69, 9.17) is 0 Å². The first-order chi connectivity index (χ1) is 9.06. The van der Waals surface area contributed by atoms with E-state index in [1.54, 1.807) is 0 Å². The van der Waals surface area contributed by atoms with E-state index in [0.717, 1.165) is 11.0 Å². The van der Waals surface area contributed by atoms with Gasteiger partial charge in [-0.05, 0) is 44.0 Å². The van der Waals surface area contributed by atoms with Crippen LogP contribution < -0.4 is 0 Å². The number of nitrogens with zero attached hydrogens (tertiary/aromatic N) is 2. The van der Waals surface area contributed by atoms with Crippen molar-refractivity contribution in [2.45, 2.75) is 20.8 Å². The van der Waals surface area contributed by atoms with E-state index in [9.17, 15) is 4.79 Å². The Labute approximate surface area is 110 Å². The molecule has 0 unspecified atom stereocenters. The van der Waals surface area contributed by atoms with Crippen molar-refractivity contribution in [3.8, 4) is 11.5 Å². The van der Waals surface area contributed by atoms with Gasteiger partial charge in [-0.25, -0.2) is 4.98 Å². The van der Waals surface area contributed by atoms with Gasteiger partial charge in [-0.1, -0.05) is 0 Å². The zero-order chi connectivity index (χ0) is 13.6. The van der Waals surface area contributed by atoms with Crippen molar-refractivity contribution in [1.29, 1.82) is 0 Å². The lowest BCUT2D eigenvalue weighted by Crippen LogP contribution is -1.93. The highest BCUT2D eigenvalue weighted by molar-refractivity contribution is 5.99. The summed E-state index contributed by atoms with van der Waals surface area (Å²) >= 11 is 0. The predicted octanol–water partition coefficient (Wildman–Crippen LogP) is 2.77. The van der Waals surface area contributed by atoms with Crippen LogP contribution in [-0.2, 0) is 0 Å². The number of rotatable bonds is 2. The summed E-state index contributed by atoms with van der Waals surface area (Å²) in [4.78, 5) is 19.3. The lowest BCUT2D eigenvalue weighted by atomic mass is 10.1. The summed E-state index contributed by atoms with van der Waals surface area (Å²) in [5.74, 6) is 0.610. The summed E-state index contributed by atoms with van der Waals surface area (Å²) in [6, 6.07) is 4.10. The lowest BCUT2D eigenvalue weighted by molar-refractivity contribution is 0.101. The van der Waals surface area contributed by atoms with Crippen LogP contribution in [0.1, 0.15) is 28.4 Å². The average molecular weight is 254 g/mol. The van der Waals surface area contributed by atoms with Crippen molar-refractivity contribution in [3.63, 3.8) is 0 Å². The quantitative estimate of drug-likeness (QED) is 0.690. The van der Waals surface area contributed by atoms with Gasteiger partial charge in [-0.15, -0.1) is 0 Å². The van der Waals surface area contributed by atoms with Gasteiger partial charge >= 0.3 is 0 Å². The first-order valence-electron chi connectivity index (χ1n) is 6.08. The lowest BCUT2D eigenvalue weighted by Gasteiger charge is -1.97. The number of aryl methyl sites for hydroxylation is 2. The number of H-pyrrole nitrogens is 2. The van der Waals surface area contributed by atoms with Crippen molar-refractivity contribution in [2.75, 3.05) is 0 Å². The first-order valence-corrected chi connectivity index (χ1v) is 6.08. The molecule has 0 aliphatic rings. The van der Waals surface area contributed by atoms with Crippen molar-refractivity contribution in [2.24, 2.45) is 0 Å². The molecule has 0 aliphatic heterocycles. The molecule has 96 valence electrons. The Morgan fingerprint density at radius 1 is 1.21 bits per heavy atom. The fourth-order valence-corrected chi connectivity index (χ4v) is 2.12. The van der Waals surface area contributed by atoms with Gasteiger partial charge in [-0.3, -0.25) is 9.89 Å². The standard InChI is InChI=1S/C14H14N4O/c1-7-4-11-12(5-8(7)2)17-14(16-11)13-10(9(3)19)6-15-18-13/h4-6H,1-3H3,(H,15,18)(H,16,17). The van der Waals surface area contributed by atoms with Crippen LogP contribution in [0.3, 0.4) is 0 Å². The number of aromatic nitrogens is 4. The van der Waals surface area contributed by atoms with Crippen molar-refractivity contribution >= 4 is 16.8 Å². The fourth-order valence-electron chi connectivity index (χ4n) is 2.12. The van der Waals surface area contributed by atoms with Gasteiger partial charge in [0.15, 0.2) is 11.6 Å². The van der Waals surface area contributed by atoms with Gasteiger partial charge < -0.3 is 4.98 Å². The molecule has 0 atom stereocenters. The molecule has 0 amide bonds. The first kappa shape index (κ1) is 11.6. The van der Waals surface area contributed by atoms with Crippen LogP contribution >= 0.6 is 0 Å². The molecule has 3 aromatic rings. The van der Waals surface area contributed by atoms with E-state index in [-0.39, 0.29) is 5.78 Å². The smallest absolute Gasteiger partial charge is 0.163 e. The molecule has 1 aromatic carbocycles. The highest BCUT2D eigenvalue weighted by Crippen LogP contribution is 2.24. The maximum absolute atomic E-state index is 11.5. The summed E-state index contributed by atoms with van der Waals surface area (Å²) < 4.78 is 0. The number of Topliss-reactive ketones (excluding diaryl/α,β-unsaturated/α-hetero) is 1. The highest BCUT2D eigenvalue weighted by Gasteiger charge is 2.15. The maximum atomic E-state index is 11.5. The molecule has 2 aromatic heterocycles. The second kappa shape index (κ2) is 4.05. The Kier molecular flexibility index (Phi) is 2.48. The van der Waals surface area contributed by atoms with E-state index < -0.39 is 0 Å². The van der Waals surface area contributed by atoms with E-state index in [1.165, 1.54) is 24.2 Å². The molecule has 5 heteroatoms. The predicted molar refractivity (Wildman–Crippen MR) is 73.2 cm³/mol. The van der Waals surface area contributed by atoms with Gasteiger partial charge in [0.1, 0.15) is 5.69 Å². The minimum absolute atomic E-state index is 0.0310. The summed E-state index contributed by atoms with van der Waals surface area (Å²) in [5, 5.41) is 6.75. The Morgan fingerprint density at radius 2 is 1.95 bits per heavy atom. The second-order valence-corrected chi connectivity index (χ2v) is 4.75. The average Bonchev–Trinajstić information content (AvgIpc) is 2.95. The molecule has 2 heterocycles. The Hall–Kier alpha value is -2.43. The minimum atomic E-state index is -0.0310. The van der Waals surface area contributed by atoms with Crippen molar-refractivity contribution in [3.05, 3.63) is 35.0 Å². The van der Waals surface area contributed by atoms with E-state index >= 15 is 0 Å². The molecule has 0 saturated carbocycles. The van der Waals surface area contributed by atoms with Gasteiger partial charge in [0.05, 0.1) is 22.8 Å². The molecule has 0 aliphatic carbocycles.